The summed E-state index contributed by atoms with van der Waals surface area (Å²) >= 11 is 0. The van der Waals surface area contributed by atoms with Crippen molar-refractivity contribution in [2.75, 3.05) is 6.61 Å². The lowest BCUT2D eigenvalue weighted by Gasteiger charge is -2.16. The molecular weight excluding hydrogens is 227 g/mol. The minimum absolute atomic E-state index is 0.0201. The summed E-state index contributed by atoms with van der Waals surface area (Å²) in [5, 5.41) is 9.51. The molecule has 0 saturated carbocycles. The van der Waals surface area contributed by atoms with Crippen molar-refractivity contribution < 1.29 is 9.50 Å². The van der Waals surface area contributed by atoms with Gasteiger partial charge < -0.3 is 5.11 Å². The van der Waals surface area contributed by atoms with E-state index in [2.05, 4.69) is 19.1 Å². The van der Waals surface area contributed by atoms with E-state index in [-0.39, 0.29) is 18.3 Å². The number of halogens is 1. The van der Waals surface area contributed by atoms with Gasteiger partial charge in [-0.25, -0.2) is 4.39 Å². The molecule has 1 nitrogen and oxygen atoms in total. The molecule has 1 N–H and O–H groups in total. The molecule has 94 valence electrons. The molecule has 2 aromatic rings. The van der Waals surface area contributed by atoms with E-state index >= 15 is 0 Å². The second kappa shape index (κ2) is 5.78. The summed E-state index contributed by atoms with van der Waals surface area (Å²) in [4.78, 5) is 0. The highest BCUT2D eigenvalue weighted by molar-refractivity contribution is 5.29. The van der Waals surface area contributed by atoms with Gasteiger partial charge in [-0.05, 0) is 42.2 Å². The quantitative estimate of drug-likeness (QED) is 0.873. The maximum atomic E-state index is 12.9. The molecule has 0 aliphatic carbocycles. The molecule has 18 heavy (non-hydrogen) atoms. The highest BCUT2D eigenvalue weighted by Crippen LogP contribution is 2.22. The van der Waals surface area contributed by atoms with Gasteiger partial charge in [0.2, 0.25) is 0 Å². The lowest BCUT2D eigenvalue weighted by Crippen LogP contribution is -2.08. The minimum atomic E-state index is -0.244. The molecule has 0 bridgehead atoms. The summed E-state index contributed by atoms with van der Waals surface area (Å²) < 4.78 is 12.9. The van der Waals surface area contributed by atoms with Gasteiger partial charge in [0.1, 0.15) is 5.82 Å². The Hall–Kier alpha value is -1.67. The van der Waals surface area contributed by atoms with Crippen LogP contribution in [0.1, 0.15) is 22.6 Å². The van der Waals surface area contributed by atoms with Crippen LogP contribution in [-0.2, 0) is 6.42 Å². The molecular formula is C16H17FO. The molecule has 0 aliphatic rings. The summed E-state index contributed by atoms with van der Waals surface area (Å²) in [7, 11) is 0. The monoisotopic (exact) mass is 244 g/mol. The van der Waals surface area contributed by atoms with Crippen molar-refractivity contribution >= 4 is 0 Å². The molecule has 0 saturated heterocycles. The average molecular weight is 244 g/mol. The Morgan fingerprint density at radius 1 is 1.06 bits per heavy atom. The van der Waals surface area contributed by atoms with E-state index < -0.39 is 0 Å². The summed E-state index contributed by atoms with van der Waals surface area (Å²) in [6.07, 6.45) is 0.773. The van der Waals surface area contributed by atoms with E-state index in [1.54, 1.807) is 12.1 Å². The van der Waals surface area contributed by atoms with Crippen LogP contribution in [0.3, 0.4) is 0 Å². The Kier molecular flexibility index (Phi) is 4.11. The predicted octanol–water partition coefficient (Wildman–Crippen LogP) is 3.45. The maximum absolute atomic E-state index is 12.9. The van der Waals surface area contributed by atoms with E-state index in [9.17, 15) is 9.50 Å². The topological polar surface area (TPSA) is 20.2 Å². The third kappa shape index (κ3) is 2.96. The first kappa shape index (κ1) is 12.8. The van der Waals surface area contributed by atoms with Gasteiger partial charge in [0.05, 0.1) is 6.61 Å². The average Bonchev–Trinajstić information content (AvgIpc) is 2.39. The molecule has 2 aromatic carbocycles. The van der Waals surface area contributed by atoms with E-state index in [0.717, 1.165) is 12.0 Å². The van der Waals surface area contributed by atoms with Crippen molar-refractivity contribution in [2.45, 2.75) is 19.3 Å². The van der Waals surface area contributed by atoms with Gasteiger partial charge in [-0.1, -0.05) is 36.4 Å². The van der Waals surface area contributed by atoms with Crippen molar-refractivity contribution in [2.24, 2.45) is 0 Å². The van der Waals surface area contributed by atoms with Crippen molar-refractivity contribution in [3.05, 3.63) is 71.0 Å². The van der Waals surface area contributed by atoms with E-state index in [1.165, 1.54) is 23.3 Å². The molecule has 0 radical (unpaired) electrons. The van der Waals surface area contributed by atoms with Gasteiger partial charge in [0.25, 0.3) is 0 Å². The third-order valence-electron chi connectivity index (χ3n) is 3.29. The van der Waals surface area contributed by atoms with Crippen molar-refractivity contribution in [3.63, 3.8) is 0 Å². The molecule has 1 unspecified atom stereocenters. The van der Waals surface area contributed by atoms with Gasteiger partial charge in [0, 0.05) is 5.92 Å². The number of benzene rings is 2. The highest BCUT2D eigenvalue weighted by atomic mass is 19.1. The van der Waals surface area contributed by atoms with Crippen LogP contribution < -0.4 is 0 Å². The third-order valence-corrected chi connectivity index (χ3v) is 3.29. The summed E-state index contributed by atoms with van der Waals surface area (Å²) in [6, 6.07) is 14.5. The summed E-state index contributed by atoms with van der Waals surface area (Å²) in [5.74, 6) is -0.224. The zero-order chi connectivity index (χ0) is 13.0. The smallest absolute Gasteiger partial charge is 0.123 e. The second-order valence-corrected chi connectivity index (χ2v) is 4.56. The number of aliphatic hydroxyl groups is 1. The van der Waals surface area contributed by atoms with Gasteiger partial charge >= 0.3 is 0 Å². The Balaban J connectivity index is 2.20. The molecule has 2 rings (SSSR count). The van der Waals surface area contributed by atoms with Crippen LogP contribution in [0.5, 0.6) is 0 Å². The van der Waals surface area contributed by atoms with Crippen LogP contribution in [0, 0.1) is 12.7 Å². The SMILES string of the molecule is Cc1ccccc1CC(CO)c1ccc(F)cc1. The fourth-order valence-corrected chi connectivity index (χ4v) is 2.13. The van der Waals surface area contributed by atoms with Gasteiger partial charge in [-0.3, -0.25) is 0 Å². The Labute approximate surface area is 107 Å². The zero-order valence-corrected chi connectivity index (χ0v) is 10.4. The molecule has 0 amide bonds. The first-order chi connectivity index (χ1) is 8.70. The lowest BCUT2D eigenvalue weighted by molar-refractivity contribution is 0.264. The predicted molar refractivity (Wildman–Crippen MR) is 71.1 cm³/mol. The molecule has 0 heterocycles. The maximum Gasteiger partial charge on any atom is 0.123 e. The highest BCUT2D eigenvalue weighted by Gasteiger charge is 2.12. The zero-order valence-electron chi connectivity index (χ0n) is 10.4. The molecule has 0 spiro atoms. The van der Waals surface area contributed by atoms with Crippen molar-refractivity contribution in [1.29, 1.82) is 0 Å². The summed E-state index contributed by atoms with van der Waals surface area (Å²) in [5.41, 5.74) is 3.42. The van der Waals surface area contributed by atoms with Crippen LogP contribution in [0.25, 0.3) is 0 Å². The Bertz CT molecular complexity index is 505. The van der Waals surface area contributed by atoms with Crippen LogP contribution >= 0.6 is 0 Å². The number of aryl methyl sites for hydroxylation is 1. The van der Waals surface area contributed by atoms with Crippen LogP contribution in [0.15, 0.2) is 48.5 Å². The van der Waals surface area contributed by atoms with Crippen LogP contribution in [-0.4, -0.2) is 11.7 Å². The first-order valence-corrected chi connectivity index (χ1v) is 6.11. The standard InChI is InChI=1S/C16H17FO/c1-12-4-2-3-5-14(12)10-15(11-18)13-6-8-16(17)9-7-13/h2-9,15,18H,10-11H2,1H3. The van der Waals surface area contributed by atoms with Crippen molar-refractivity contribution in [1.82, 2.24) is 0 Å². The molecule has 1 atom stereocenters. The summed E-state index contributed by atoms with van der Waals surface area (Å²) in [6.45, 7) is 2.13. The number of aliphatic hydroxyl groups excluding tert-OH is 1. The van der Waals surface area contributed by atoms with Crippen LogP contribution in [0.2, 0.25) is 0 Å². The van der Waals surface area contributed by atoms with Gasteiger partial charge in [0.15, 0.2) is 0 Å². The molecule has 2 heteroatoms. The molecule has 0 aliphatic heterocycles. The van der Waals surface area contributed by atoms with E-state index in [0.29, 0.717) is 0 Å². The van der Waals surface area contributed by atoms with Crippen molar-refractivity contribution in [3.8, 4) is 0 Å². The number of hydrogen-bond donors (Lipinski definition) is 1. The molecule has 0 aromatic heterocycles. The fourth-order valence-electron chi connectivity index (χ4n) is 2.13. The largest absolute Gasteiger partial charge is 0.396 e. The number of rotatable bonds is 4. The van der Waals surface area contributed by atoms with E-state index in [1.807, 2.05) is 12.1 Å². The van der Waals surface area contributed by atoms with Crippen LogP contribution in [0.4, 0.5) is 4.39 Å². The fraction of sp³-hybridized carbons (Fsp3) is 0.250. The second-order valence-electron chi connectivity index (χ2n) is 4.56. The Morgan fingerprint density at radius 3 is 2.33 bits per heavy atom. The Morgan fingerprint density at radius 2 is 1.72 bits per heavy atom. The van der Waals surface area contributed by atoms with Gasteiger partial charge in [-0.2, -0.15) is 0 Å². The molecule has 0 fully saturated rings. The number of hydrogen-bond acceptors (Lipinski definition) is 1. The van der Waals surface area contributed by atoms with Gasteiger partial charge in [-0.15, -0.1) is 0 Å². The first-order valence-electron chi connectivity index (χ1n) is 6.11. The van der Waals surface area contributed by atoms with E-state index in [4.69, 9.17) is 0 Å². The minimum Gasteiger partial charge on any atom is -0.396 e. The lowest BCUT2D eigenvalue weighted by atomic mass is 9.91. The normalized spacial score (nSPS) is 12.4.